The summed E-state index contributed by atoms with van der Waals surface area (Å²) in [6.07, 6.45) is 4.68. The number of aromatic nitrogens is 2. The van der Waals surface area contributed by atoms with Crippen LogP contribution in [0.5, 0.6) is 11.5 Å². The van der Waals surface area contributed by atoms with E-state index < -0.39 is 0 Å². The standard InChI is InChI=1S/C15H21N3O2/c1-18-10-9-17-14(18)7-8-16-11-12-5-4-6-13(19-2)15(12)20-3/h4-6,9-10,16H,7-8,11H2,1-3H3. The lowest BCUT2D eigenvalue weighted by Gasteiger charge is -2.13. The number of para-hydroxylation sites is 1. The van der Waals surface area contributed by atoms with Gasteiger partial charge in [-0.15, -0.1) is 0 Å². The topological polar surface area (TPSA) is 48.3 Å². The minimum atomic E-state index is 0.741. The van der Waals surface area contributed by atoms with E-state index in [-0.39, 0.29) is 0 Å². The van der Waals surface area contributed by atoms with Crippen molar-refractivity contribution in [1.82, 2.24) is 14.9 Å². The zero-order valence-electron chi connectivity index (χ0n) is 12.2. The van der Waals surface area contributed by atoms with Crippen LogP contribution in [0.3, 0.4) is 0 Å². The maximum absolute atomic E-state index is 5.41. The van der Waals surface area contributed by atoms with E-state index in [1.165, 1.54) is 0 Å². The number of benzene rings is 1. The molecule has 2 rings (SSSR count). The van der Waals surface area contributed by atoms with E-state index in [9.17, 15) is 0 Å². The molecule has 108 valence electrons. The van der Waals surface area contributed by atoms with Crippen LogP contribution in [0.15, 0.2) is 30.6 Å². The first kappa shape index (κ1) is 14.4. The van der Waals surface area contributed by atoms with Gasteiger partial charge in [-0.1, -0.05) is 12.1 Å². The first-order valence-electron chi connectivity index (χ1n) is 6.63. The zero-order valence-corrected chi connectivity index (χ0v) is 12.2. The lowest BCUT2D eigenvalue weighted by Crippen LogP contribution is -2.18. The van der Waals surface area contributed by atoms with Gasteiger partial charge >= 0.3 is 0 Å². The van der Waals surface area contributed by atoms with E-state index in [4.69, 9.17) is 9.47 Å². The molecular weight excluding hydrogens is 254 g/mol. The van der Waals surface area contributed by atoms with Crippen LogP contribution < -0.4 is 14.8 Å². The molecule has 2 aromatic rings. The number of rotatable bonds is 7. The predicted molar refractivity (Wildman–Crippen MR) is 78.2 cm³/mol. The Morgan fingerprint density at radius 1 is 1.25 bits per heavy atom. The van der Waals surface area contributed by atoms with Crippen LogP contribution in [0, 0.1) is 0 Å². The molecular formula is C15H21N3O2. The summed E-state index contributed by atoms with van der Waals surface area (Å²) in [5.41, 5.74) is 1.09. The fourth-order valence-electron chi connectivity index (χ4n) is 2.15. The molecule has 0 spiro atoms. The van der Waals surface area contributed by atoms with Crippen molar-refractivity contribution < 1.29 is 9.47 Å². The van der Waals surface area contributed by atoms with Gasteiger partial charge < -0.3 is 19.4 Å². The van der Waals surface area contributed by atoms with Gasteiger partial charge in [-0.2, -0.15) is 0 Å². The average Bonchev–Trinajstić information content (AvgIpc) is 2.88. The van der Waals surface area contributed by atoms with Gasteiger partial charge in [0.25, 0.3) is 0 Å². The number of imidazole rings is 1. The van der Waals surface area contributed by atoms with Crippen molar-refractivity contribution in [3.8, 4) is 11.5 Å². The van der Waals surface area contributed by atoms with Crippen LogP contribution >= 0.6 is 0 Å². The molecule has 1 aromatic carbocycles. The van der Waals surface area contributed by atoms with Gasteiger partial charge in [0.2, 0.25) is 0 Å². The van der Waals surface area contributed by atoms with Crippen LogP contribution in [-0.2, 0) is 20.0 Å². The van der Waals surface area contributed by atoms with Crippen molar-refractivity contribution in [3.63, 3.8) is 0 Å². The van der Waals surface area contributed by atoms with Crippen molar-refractivity contribution in [2.24, 2.45) is 7.05 Å². The number of ether oxygens (including phenoxy) is 2. The number of methoxy groups -OCH3 is 2. The van der Waals surface area contributed by atoms with Gasteiger partial charge in [-0.25, -0.2) is 4.98 Å². The Balaban J connectivity index is 1.89. The number of nitrogens with zero attached hydrogens (tertiary/aromatic N) is 2. The van der Waals surface area contributed by atoms with Crippen molar-refractivity contribution in [2.75, 3.05) is 20.8 Å². The van der Waals surface area contributed by atoms with Crippen molar-refractivity contribution in [3.05, 3.63) is 42.0 Å². The fourth-order valence-corrected chi connectivity index (χ4v) is 2.15. The molecule has 0 saturated carbocycles. The molecule has 0 aliphatic rings. The molecule has 20 heavy (non-hydrogen) atoms. The van der Waals surface area contributed by atoms with Crippen LogP contribution in [-0.4, -0.2) is 30.3 Å². The van der Waals surface area contributed by atoms with Gasteiger partial charge in [0.1, 0.15) is 5.82 Å². The van der Waals surface area contributed by atoms with Gasteiger partial charge in [0.05, 0.1) is 14.2 Å². The van der Waals surface area contributed by atoms with Gasteiger partial charge in [-0.05, 0) is 6.07 Å². The maximum atomic E-state index is 5.41. The van der Waals surface area contributed by atoms with Gasteiger partial charge in [0.15, 0.2) is 11.5 Å². The average molecular weight is 275 g/mol. The largest absolute Gasteiger partial charge is 0.493 e. The van der Waals surface area contributed by atoms with E-state index in [1.807, 2.05) is 42.2 Å². The molecule has 1 aromatic heterocycles. The van der Waals surface area contributed by atoms with Crippen molar-refractivity contribution >= 4 is 0 Å². The second-order valence-electron chi connectivity index (χ2n) is 4.53. The summed E-state index contributed by atoms with van der Waals surface area (Å²) in [5.74, 6) is 2.63. The molecule has 0 saturated heterocycles. The van der Waals surface area contributed by atoms with Gasteiger partial charge in [0, 0.05) is 44.5 Å². The van der Waals surface area contributed by atoms with E-state index in [0.717, 1.165) is 42.4 Å². The predicted octanol–water partition coefficient (Wildman–Crippen LogP) is 1.77. The molecule has 0 bridgehead atoms. The molecule has 5 heteroatoms. The smallest absolute Gasteiger partial charge is 0.165 e. The second kappa shape index (κ2) is 6.96. The summed E-state index contributed by atoms with van der Waals surface area (Å²) in [6, 6.07) is 5.91. The highest BCUT2D eigenvalue weighted by molar-refractivity contribution is 5.46. The second-order valence-corrected chi connectivity index (χ2v) is 4.53. The van der Waals surface area contributed by atoms with E-state index in [1.54, 1.807) is 14.2 Å². The number of hydrogen-bond donors (Lipinski definition) is 1. The summed E-state index contributed by atoms with van der Waals surface area (Å²) < 4.78 is 12.7. The van der Waals surface area contributed by atoms with Crippen molar-refractivity contribution in [2.45, 2.75) is 13.0 Å². The number of nitrogens with one attached hydrogen (secondary N) is 1. The third-order valence-corrected chi connectivity index (χ3v) is 3.25. The molecule has 0 amide bonds. The zero-order chi connectivity index (χ0) is 14.4. The maximum Gasteiger partial charge on any atom is 0.165 e. The third kappa shape index (κ3) is 3.30. The van der Waals surface area contributed by atoms with Gasteiger partial charge in [-0.3, -0.25) is 0 Å². The molecule has 0 aliphatic carbocycles. The summed E-state index contributed by atoms with van der Waals surface area (Å²) in [5, 5.41) is 3.40. The third-order valence-electron chi connectivity index (χ3n) is 3.25. The highest BCUT2D eigenvalue weighted by atomic mass is 16.5. The molecule has 0 radical (unpaired) electrons. The van der Waals surface area contributed by atoms with Crippen LogP contribution in [0.2, 0.25) is 0 Å². The van der Waals surface area contributed by atoms with E-state index >= 15 is 0 Å². The molecule has 1 heterocycles. The highest BCUT2D eigenvalue weighted by Gasteiger charge is 2.08. The first-order chi connectivity index (χ1) is 9.76. The Bertz CT molecular complexity index is 552. The Hall–Kier alpha value is -2.01. The molecule has 0 atom stereocenters. The fraction of sp³-hybridized carbons (Fsp3) is 0.400. The molecule has 0 aliphatic heterocycles. The van der Waals surface area contributed by atoms with Crippen LogP contribution in [0.1, 0.15) is 11.4 Å². The van der Waals surface area contributed by atoms with E-state index in [0.29, 0.717) is 0 Å². The minimum Gasteiger partial charge on any atom is -0.493 e. The SMILES string of the molecule is COc1cccc(CNCCc2nccn2C)c1OC. The lowest BCUT2D eigenvalue weighted by molar-refractivity contribution is 0.350. The Morgan fingerprint density at radius 2 is 2.10 bits per heavy atom. The normalized spacial score (nSPS) is 10.6. The molecule has 0 unspecified atom stereocenters. The van der Waals surface area contributed by atoms with E-state index in [2.05, 4.69) is 10.3 Å². The minimum absolute atomic E-state index is 0.741. The lowest BCUT2D eigenvalue weighted by atomic mass is 10.2. The Kier molecular flexibility index (Phi) is 5.01. The number of aryl methyl sites for hydroxylation is 1. The molecule has 1 N–H and O–H groups in total. The quantitative estimate of drug-likeness (QED) is 0.782. The van der Waals surface area contributed by atoms with Crippen LogP contribution in [0.4, 0.5) is 0 Å². The molecule has 5 nitrogen and oxygen atoms in total. The summed E-state index contributed by atoms with van der Waals surface area (Å²) >= 11 is 0. The first-order valence-corrected chi connectivity index (χ1v) is 6.63. The molecule has 0 fully saturated rings. The Labute approximate surface area is 119 Å². The highest BCUT2D eigenvalue weighted by Crippen LogP contribution is 2.30. The monoisotopic (exact) mass is 275 g/mol. The summed E-state index contributed by atoms with van der Waals surface area (Å²) in [7, 11) is 5.32. The number of hydrogen-bond acceptors (Lipinski definition) is 4. The van der Waals surface area contributed by atoms with Crippen LogP contribution in [0.25, 0.3) is 0 Å². The summed E-state index contributed by atoms with van der Waals surface area (Å²) in [6.45, 7) is 1.61. The summed E-state index contributed by atoms with van der Waals surface area (Å²) in [4.78, 5) is 4.30. The van der Waals surface area contributed by atoms with Crippen molar-refractivity contribution in [1.29, 1.82) is 0 Å². The Morgan fingerprint density at radius 3 is 2.75 bits per heavy atom.